The molecule has 0 bridgehead atoms. The van der Waals surface area contributed by atoms with Crippen LogP contribution in [0.4, 0.5) is 5.82 Å². The van der Waals surface area contributed by atoms with Crippen LogP contribution in [-0.2, 0) is 0 Å². The summed E-state index contributed by atoms with van der Waals surface area (Å²) >= 11 is 0. The number of nitrogen functional groups attached to an aromatic ring is 1. The first kappa shape index (κ1) is 10.3. The van der Waals surface area contributed by atoms with Gasteiger partial charge in [-0.1, -0.05) is 0 Å². The molecule has 2 aromatic rings. The molecule has 3 rings (SSSR count). The molecule has 88 valence electrons. The van der Waals surface area contributed by atoms with E-state index in [4.69, 9.17) is 5.73 Å². The number of hydrogen-bond donors (Lipinski definition) is 1. The number of anilines is 1. The summed E-state index contributed by atoms with van der Waals surface area (Å²) in [5, 5.41) is 4.28. The van der Waals surface area contributed by atoms with Crippen molar-refractivity contribution in [3.05, 3.63) is 29.3 Å². The molecule has 1 saturated carbocycles. The van der Waals surface area contributed by atoms with Gasteiger partial charge in [-0.3, -0.25) is 0 Å². The Morgan fingerprint density at radius 3 is 2.65 bits per heavy atom. The summed E-state index contributed by atoms with van der Waals surface area (Å²) in [6.45, 7) is 3.93. The van der Waals surface area contributed by atoms with Crippen LogP contribution in [-0.4, -0.2) is 19.7 Å². The van der Waals surface area contributed by atoms with Crippen molar-refractivity contribution in [2.75, 3.05) is 5.73 Å². The average molecular weight is 229 g/mol. The lowest BCUT2D eigenvalue weighted by atomic mass is 10.3. The van der Waals surface area contributed by atoms with E-state index >= 15 is 0 Å². The Labute approximate surface area is 99.7 Å². The molecule has 0 saturated heterocycles. The van der Waals surface area contributed by atoms with Crippen LogP contribution in [0.2, 0.25) is 0 Å². The van der Waals surface area contributed by atoms with Crippen molar-refractivity contribution in [3.63, 3.8) is 0 Å². The normalized spacial score (nSPS) is 15.2. The number of rotatable bonds is 2. The molecule has 1 aliphatic carbocycles. The van der Waals surface area contributed by atoms with Crippen molar-refractivity contribution in [1.82, 2.24) is 19.7 Å². The molecule has 0 unspecified atom stereocenters. The van der Waals surface area contributed by atoms with E-state index in [9.17, 15) is 0 Å². The molecule has 1 fully saturated rings. The zero-order valence-corrected chi connectivity index (χ0v) is 10.0. The Hall–Kier alpha value is -1.91. The average Bonchev–Trinajstić information content (AvgIpc) is 3.05. The number of nitrogens with two attached hydrogens (primary N) is 1. The lowest BCUT2D eigenvalue weighted by Crippen LogP contribution is -2.09. The third-order valence-corrected chi connectivity index (χ3v) is 3.05. The molecular weight excluding hydrogens is 214 g/mol. The van der Waals surface area contributed by atoms with E-state index in [1.165, 1.54) is 12.8 Å². The van der Waals surface area contributed by atoms with Gasteiger partial charge in [0.25, 0.3) is 0 Å². The van der Waals surface area contributed by atoms with Crippen LogP contribution < -0.4 is 5.73 Å². The predicted molar refractivity (Wildman–Crippen MR) is 65.0 cm³/mol. The largest absolute Gasteiger partial charge is 0.383 e. The Balaban J connectivity index is 2.13. The van der Waals surface area contributed by atoms with Crippen molar-refractivity contribution in [2.45, 2.75) is 32.6 Å². The number of aromatic nitrogens is 4. The summed E-state index contributed by atoms with van der Waals surface area (Å²) in [6, 6.07) is 0. The van der Waals surface area contributed by atoms with Crippen LogP contribution in [0.15, 0.2) is 12.4 Å². The molecule has 0 aliphatic heterocycles. The Morgan fingerprint density at radius 2 is 2.06 bits per heavy atom. The van der Waals surface area contributed by atoms with E-state index in [1.54, 1.807) is 4.68 Å². The van der Waals surface area contributed by atoms with E-state index < -0.39 is 0 Å². The number of hydrogen-bond acceptors (Lipinski definition) is 4. The zero-order valence-electron chi connectivity index (χ0n) is 10.0. The maximum Gasteiger partial charge on any atom is 0.162 e. The van der Waals surface area contributed by atoms with E-state index in [1.807, 2.05) is 26.2 Å². The number of nitrogens with zero attached hydrogens (tertiary/aromatic N) is 4. The summed E-state index contributed by atoms with van der Waals surface area (Å²) in [7, 11) is 0. The highest BCUT2D eigenvalue weighted by molar-refractivity contribution is 5.48. The second-order valence-electron chi connectivity index (χ2n) is 4.65. The van der Waals surface area contributed by atoms with Gasteiger partial charge in [-0.15, -0.1) is 0 Å². The summed E-state index contributed by atoms with van der Waals surface area (Å²) in [4.78, 5) is 8.94. The molecule has 5 heteroatoms. The maximum atomic E-state index is 5.94. The van der Waals surface area contributed by atoms with Crippen molar-refractivity contribution < 1.29 is 0 Å². The van der Waals surface area contributed by atoms with Gasteiger partial charge in [0.05, 0.1) is 6.20 Å². The van der Waals surface area contributed by atoms with Crippen LogP contribution in [0.1, 0.15) is 35.7 Å². The third kappa shape index (κ3) is 1.77. The van der Waals surface area contributed by atoms with Gasteiger partial charge in [0.15, 0.2) is 5.82 Å². The number of aryl methyl sites for hydroxylation is 1. The maximum absolute atomic E-state index is 5.94. The minimum atomic E-state index is 0.494. The minimum absolute atomic E-state index is 0.494. The van der Waals surface area contributed by atoms with Crippen LogP contribution in [0.5, 0.6) is 0 Å². The molecule has 0 atom stereocenters. The first-order valence-corrected chi connectivity index (χ1v) is 5.81. The van der Waals surface area contributed by atoms with E-state index in [0.29, 0.717) is 11.7 Å². The Bertz CT molecular complexity index is 568. The summed E-state index contributed by atoms with van der Waals surface area (Å²) < 4.78 is 1.77. The molecule has 0 radical (unpaired) electrons. The standard InChI is InChI=1S/C12H15N5/c1-7-5-14-17(6-7)12-8(2)10(13)15-11(16-12)9-3-4-9/h5-6,9H,3-4H2,1-2H3,(H2,13,15,16). The zero-order chi connectivity index (χ0) is 12.0. The van der Waals surface area contributed by atoms with Gasteiger partial charge >= 0.3 is 0 Å². The smallest absolute Gasteiger partial charge is 0.162 e. The van der Waals surface area contributed by atoms with Gasteiger partial charge in [0.2, 0.25) is 0 Å². The summed E-state index contributed by atoms with van der Waals surface area (Å²) in [6.07, 6.45) is 6.10. The van der Waals surface area contributed by atoms with Gasteiger partial charge in [-0.05, 0) is 32.3 Å². The van der Waals surface area contributed by atoms with Crippen LogP contribution in [0.3, 0.4) is 0 Å². The van der Waals surface area contributed by atoms with E-state index in [0.717, 1.165) is 22.8 Å². The topological polar surface area (TPSA) is 69.6 Å². The van der Waals surface area contributed by atoms with Crippen molar-refractivity contribution in [3.8, 4) is 5.82 Å². The SMILES string of the molecule is Cc1cnn(-c2nc(C3CC3)nc(N)c2C)c1. The predicted octanol–water partition coefficient (Wildman–Crippen LogP) is 1.74. The second kappa shape index (κ2) is 3.55. The molecule has 17 heavy (non-hydrogen) atoms. The quantitative estimate of drug-likeness (QED) is 0.851. The fourth-order valence-electron chi connectivity index (χ4n) is 1.81. The monoisotopic (exact) mass is 229 g/mol. The molecule has 2 heterocycles. The van der Waals surface area contributed by atoms with Gasteiger partial charge in [0.1, 0.15) is 11.6 Å². The second-order valence-corrected chi connectivity index (χ2v) is 4.65. The highest BCUT2D eigenvalue weighted by atomic mass is 15.3. The van der Waals surface area contributed by atoms with Crippen molar-refractivity contribution in [2.24, 2.45) is 0 Å². The van der Waals surface area contributed by atoms with Gasteiger partial charge in [0, 0.05) is 17.7 Å². The third-order valence-electron chi connectivity index (χ3n) is 3.05. The van der Waals surface area contributed by atoms with Crippen LogP contribution in [0.25, 0.3) is 5.82 Å². The molecule has 1 aliphatic rings. The van der Waals surface area contributed by atoms with Crippen molar-refractivity contribution in [1.29, 1.82) is 0 Å². The van der Waals surface area contributed by atoms with Gasteiger partial charge < -0.3 is 5.73 Å². The molecule has 2 N–H and O–H groups in total. The first-order valence-electron chi connectivity index (χ1n) is 5.81. The lowest BCUT2D eigenvalue weighted by Gasteiger charge is -2.09. The lowest BCUT2D eigenvalue weighted by molar-refractivity contribution is 0.802. The van der Waals surface area contributed by atoms with E-state index in [-0.39, 0.29) is 0 Å². The molecule has 0 spiro atoms. The highest BCUT2D eigenvalue weighted by Gasteiger charge is 2.28. The van der Waals surface area contributed by atoms with Gasteiger partial charge in [-0.25, -0.2) is 14.6 Å². The summed E-state index contributed by atoms with van der Waals surface area (Å²) in [5.74, 6) is 2.71. The molecule has 2 aromatic heterocycles. The first-order chi connectivity index (χ1) is 8.15. The molecule has 5 nitrogen and oxygen atoms in total. The van der Waals surface area contributed by atoms with Gasteiger partial charge in [-0.2, -0.15) is 5.10 Å². The van der Waals surface area contributed by atoms with E-state index in [2.05, 4.69) is 15.1 Å². The summed E-state index contributed by atoms with van der Waals surface area (Å²) in [5.41, 5.74) is 7.93. The Morgan fingerprint density at radius 1 is 1.29 bits per heavy atom. The fourth-order valence-corrected chi connectivity index (χ4v) is 1.81. The Kier molecular flexibility index (Phi) is 2.14. The van der Waals surface area contributed by atoms with Crippen LogP contribution in [0, 0.1) is 13.8 Å². The van der Waals surface area contributed by atoms with Crippen molar-refractivity contribution >= 4 is 5.82 Å². The minimum Gasteiger partial charge on any atom is -0.383 e. The molecular formula is C12H15N5. The van der Waals surface area contributed by atoms with Crippen LogP contribution >= 0.6 is 0 Å². The fraction of sp³-hybridized carbons (Fsp3) is 0.417. The molecule has 0 aromatic carbocycles. The highest BCUT2D eigenvalue weighted by Crippen LogP contribution is 2.38. The molecule has 0 amide bonds.